The molecule has 1 aromatic rings. The first-order valence-electron chi connectivity index (χ1n) is 6.63. The number of likely N-dealkylation sites (N-methyl/N-ethyl adjacent to an activating group) is 1. The van der Waals surface area contributed by atoms with Gasteiger partial charge < -0.3 is 24.9 Å². The van der Waals surface area contributed by atoms with Crippen LogP contribution in [0.5, 0.6) is 0 Å². The molecule has 118 valence electrons. The van der Waals surface area contributed by atoms with E-state index in [0.29, 0.717) is 18.8 Å². The number of hydrogen-bond donors (Lipinski definition) is 1. The van der Waals surface area contributed by atoms with Crippen LogP contribution in [0.3, 0.4) is 0 Å². The summed E-state index contributed by atoms with van der Waals surface area (Å²) < 4.78 is 1.65. The minimum atomic E-state index is -0.526. The zero-order valence-corrected chi connectivity index (χ0v) is 12.9. The number of halogens is 1. The van der Waals surface area contributed by atoms with Crippen LogP contribution >= 0.6 is 12.4 Å². The third-order valence-electron chi connectivity index (χ3n) is 3.69. The van der Waals surface area contributed by atoms with Crippen molar-refractivity contribution in [3.63, 3.8) is 0 Å². The summed E-state index contributed by atoms with van der Waals surface area (Å²) in [7, 11) is 1.81. The number of amides is 1. The summed E-state index contributed by atoms with van der Waals surface area (Å²) in [5.74, 6) is 0.424. The van der Waals surface area contributed by atoms with E-state index in [4.69, 9.17) is 0 Å². The SMILES string of the molecule is Cc1nc([N+](=O)[O-])cn1CCC(=O)N(C)C1CCNC1.Cl. The topological polar surface area (TPSA) is 93.3 Å². The van der Waals surface area contributed by atoms with Crippen LogP contribution < -0.4 is 5.32 Å². The molecular weight excluding hydrogens is 298 g/mol. The average molecular weight is 318 g/mol. The molecule has 8 nitrogen and oxygen atoms in total. The second-order valence-corrected chi connectivity index (χ2v) is 5.00. The van der Waals surface area contributed by atoms with Gasteiger partial charge in [0.1, 0.15) is 6.20 Å². The molecule has 1 aliphatic heterocycles. The Bertz CT molecular complexity index is 513. The van der Waals surface area contributed by atoms with E-state index < -0.39 is 4.92 Å². The molecule has 0 spiro atoms. The zero-order chi connectivity index (χ0) is 14.7. The van der Waals surface area contributed by atoms with Gasteiger partial charge in [-0.3, -0.25) is 4.79 Å². The average Bonchev–Trinajstić information content (AvgIpc) is 3.04. The van der Waals surface area contributed by atoms with Crippen molar-refractivity contribution in [3.05, 3.63) is 22.1 Å². The first-order chi connectivity index (χ1) is 9.49. The van der Waals surface area contributed by atoms with Crippen LogP contribution in [0.1, 0.15) is 18.7 Å². The smallest absolute Gasteiger partial charge is 0.358 e. The molecule has 0 aromatic carbocycles. The summed E-state index contributed by atoms with van der Waals surface area (Å²) in [5, 5.41) is 13.9. The number of aromatic nitrogens is 2. The highest BCUT2D eigenvalue weighted by molar-refractivity contribution is 5.85. The Morgan fingerprint density at radius 1 is 1.67 bits per heavy atom. The van der Waals surface area contributed by atoms with Gasteiger partial charge >= 0.3 is 5.82 Å². The molecule has 1 unspecified atom stereocenters. The third-order valence-corrected chi connectivity index (χ3v) is 3.69. The second kappa shape index (κ2) is 7.37. The fraction of sp³-hybridized carbons (Fsp3) is 0.667. The quantitative estimate of drug-likeness (QED) is 0.638. The van der Waals surface area contributed by atoms with Crippen molar-refractivity contribution in [1.29, 1.82) is 0 Å². The lowest BCUT2D eigenvalue weighted by Gasteiger charge is -2.23. The van der Waals surface area contributed by atoms with Crippen LogP contribution in [-0.2, 0) is 11.3 Å². The maximum atomic E-state index is 12.1. The molecule has 2 rings (SSSR count). The largest absolute Gasteiger partial charge is 0.381 e. The molecule has 1 fully saturated rings. The maximum Gasteiger partial charge on any atom is 0.381 e. The number of nitrogens with zero attached hydrogens (tertiary/aromatic N) is 4. The summed E-state index contributed by atoms with van der Waals surface area (Å²) in [6.07, 6.45) is 2.67. The molecule has 1 aliphatic rings. The standard InChI is InChI=1S/C12H19N5O3.ClH/c1-9-14-11(17(19)20)8-16(9)6-4-12(18)15(2)10-3-5-13-7-10;/h8,10,13H,3-7H2,1-2H3;1H. The highest BCUT2D eigenvalue weighted by Crippen LogP contribution is 2.12. The Morgan fingerprint density at radius 2 is 2.38 bits per heavy atom. The first-order valence-corrected chi connectivity index (χ1v) is 6.63. The van der Waals surface area contributed by atoms with Gasteiger partial charge in [0, 0.05) is 39.5 Å². The van der Waals surface area contributed by atoms with Gasteiger partial charge in [-0.2, -0.15) is 0 Å². The fourth-order valence-electron chi connectivity index (χ4n) is 2.37. The van der Waals surface area contributed by atoms with Crippen LogP contribution in [0.2, 0.25) is 0 Å². The van der Waals surface area contributed by atoms with Crippen LogP contribution in [0.25, 0.3) is 0 Å². The molecule has 1 N–H and O–H groups in total. The van der Waals surface area contributed by atoms with Crippen molar-refractivity contribution in [2.45, 2.75) is 32.4 Å². The monoisotopic (exact) mass is 317 g/mol. The fourth-order valence-corrected chi connectivity index (χ4v) is 2.37. The predicted molar refractivity (Wildman–Crippen MR) is 79.5 cm³/mol. The van der Waals surface area contributed by atoms with E-state index in [0.717, 1.165) is 19.5 Å². The van der Waals surface area contributed by atoms with E-state index in [2.05, 4.69) is 10.3 Å². The van der Waals surface area contributed by atoms with Gasteiger partial charge in [-0.05, 0) is 22.9 Å². The predicted octanol–water partition coefficient (Wildman–Crippen LogP) is 0.732. The molecule has 1 saturated heterocycles. The van der Waals surface area contributed by atoms with Crippen molar-refractivity contribution in [1.82, 2.24) is 19.8 Å². The van der Waals surface area contributed by atoms with Crippen molar-refractivity contribution in [2.24, 2.45) is 0 Å². The van der Waals surface area contributed by atoms with E-state index in [1.807, 2.05) is 7.05 Å². The Hall–Kier alpha value is -1.67. The number of nitrogens with one attached hydrogen (secondary N) is 1. The number of nitro groups is 1. The first kappa shape index (κ1) is 17.4. The number of carbonyl (C=O) groups excluding carboxylic acids is 1. The molecule has 0 aliphatic carbocycles. The number of carbonyl (C=O) groups is 1. The van der Waals surface area contributed by atoms with Crippen LogP contribution in [0.15, 0.2) is 6.20 Å². The van der Waals surface area contributed by atoms with Gasteiger partial charge in [0.05, 0.1) is 0 Å². The van der Waals surface area contributed by atoms with E-state index >= 15 is 0 Å². The molecule has 1 aromatic heterocycles. The molecule has 2 heterocycles. The van der Waals surface area contributed by atoms with Crippen LogP contribution in [0.4, 0.5) is 5.82 Å². The summed E-state index contributed by atoms with van der Waals surface area (Å²) in [6.45, 7) is 3.88. The number of rotatable bonds is 5. The summed E-state index contributed by atoms with van der Waals surface area (Å²) in [6, 6.07) is 0.251. The minimum absolute atomic E-state index is 0. The zero-order valence-electron chi connectivity index (χ0n) is 12.1. The highest BCUT2D eigenvalue weighted by atomic mass is 35.5. The lowest BCUT2D eigenvalue weighted by molar-refractivity contribution is -0.389. The van der Waals surface area contributed by atoms with Crippen molar-refractivity contribution in [2.75, 3.05) is 20.1 Å². The molecule has 0 saturated carbocycles. The van der Waals surface area contributed by atoms with E-state index in [9.17, 15) is 14.9 Å². The van der Waals surface area contributed by atoms with Gasteiger partial charge in [-0.25, -0.2) is 0 Å². The van der Waals surface area contributed by atoms with Gasteiger partial charge in [0.2, 0.25) is 11.7 Å². The van der Waals surface area contributed by atoms with E-state index in [-0.39, 0.29) is 30.2 Å². The molecular formula is C12H20ClN5O3. The van der Waals surface area contributed by atoms with Gasteiger partial charge in [0.15, 0.2) is 0 Å². The second-order valence-electron chi connectivity index (χ2n) is 5.00. The lowest BCUT2D eigenvalue weighted by Crippen LogP contribution is -2.38. The normalized spacial score (nSPS) is 17.3. The number of aryl methyl sites for hydroxylation is 2. The van der Waals surface area contributed by atoms with Gasteiger partial charge in [-0.1, -0.05) is 0 Å². The molecule has 1 atom stereocenters. The summed E-state index contributed by atoms with van der Waals surface area (Å²) >= 11 is 0. The molecule has 1 amide bonds. The maximum absolute atomic E-state index is 12.1. The molecule has 21 heavy (non-hydrogen) atoms. The highest BCUT2D eigenvalue weighted by Gasteiger charge is 2.23. The molecule has 0 radical (unpaired) electrons. The summed E-state index contributed by atoms with van der Waals surface area (Å²) in [4.78, 5) is 27.8. The van der Waals surface area contributed by atoms with Gasteiger partial charge in [0.25, 0.3) is 0 Å². The van der Waals surface area contributed by atoms with Crippen molar-refractivity contribution >= 4 is 24.1 Å². The third kappa shape index (κ3) is 4.15. The van der Waals surface area contributed by atoms with Crippen LogP contribution in [0, 0.1) is 17.0 Å². The molecule has 9 heteroatoms. The minimum Gasteiger partial charge on any atom is -0.358 e. The van der Waals surface area contributed by atoms with Gasteiger partial charge in [-0.15, -0.1) is 12.4 Å². The molecule has 0 bridgehead atoms. The Kier molecular flexibility index (Phi) is 6.10. The Labute approximate surface area is 129 Å². The van der Waals surface area contributed by atoms with Crippen molar-refractivity contribution < 1.29 is 9.72 Å². The Morgan fingerprint density at radius 3 is 2.90 bits per heavy atom. The lowest BCUT2D eigenvalue weighted by atomic mass is 10.2. The number of imidazole rings is 1. The van der Waals surface area contributed by atoms with Crippen LogP contribution in [-0.4, -0.2) is 51.5 Å². The number of hydrogen-bond acceptors (Lipinski definition) is 5. The summed E-state index contributed by atoms with van der Waals surface area (Å²) in [5.41, 5.74) is 0. The van der Waals surface area contributed by atoms with E-state index in [1.54, 1.807) is 16.4 Å². The van der Waals surface area contributed by atoms with Crippen molar-refractivity contribution in [3.8, 4) is 0 Å². The Balaban J connectivity index is 0.00000220. The van der Waals surface area contributed by atoms with E-state index in [1.165, 1.54) is 6.20 Å².